The fourth-order valence-corrected chi connectivity index (χ4v) is 3.32. The van der Waals surface area contributed by atoms with E-state index in [1.807, 2.05) is 30.3 Å². The molecule has 0 aliphatic carbocycles. The Kier molecular flexibility index (Phi) is 6.13. The second-order valence-electron chi connectivity index (χ2n) is 5.76. The Labute approximate surface area is 159 Å². The van der Waals surface area contributed by atoms with Gasteiger partial charge in [0.1, 0.15) is 0 Å². The molecule has 5 nitrogen and oxygen atoms in total. The van der Waals surface area contributed by atoms with Gasteiger partial charge in [0.25, 0.3) is 5.91 Å². The van der Waals surface area contributed by atoms with E-state index in [1.54, 1.807) is 24.8 Å². The number of halogens is 1. The molecule has 0 saturated carbocycles. The second-order valence-corrected chi connectivity index (χ2v) is 6.93. The summed E-state index contributed by atoms with van der Waals surface area (Å²) < 4.78 is 24.0. The average Bonchev–Trinajstić information content (AvgIpc) is 3.02. The Balaban J connectivity index is 1.47. The number of aryl methyl sites for hydroxylation is 1. The van der Waals surface area contributed by atoms with Crippen molar-refractivity contribution in [1.29, 1.82) is 0 Å². The van der Waals surface area contributed by atoms with Crippen LogP contribution < -0.4 is 5.32 Å². The number of carbonyl (C=O) groups excluding carboxylic acids is 2. The third-order valence-electron chi connectivity index (χ3n) is 3.87. The first-order valence-corrected chi connectivity index (χ1v) is 9.34. The third kappa shape index (κ3) is 4.68. The van der Waals surface area contributed by atoms with E-state index in [2.05, 4.69) is 5.32 Å². The predicted octanol–water partition coefficient (Wildman–Crippen LogP) is 3.95. The van der Waals surface area contributed by atoms with E-state index in [-0.39, 0.29) is 11.3 Å². The molecule has 3 aromatic rings. The van der Waals surface area contributed by atoms with E-state index >= 15 is 0 Å². The first-order chi connectivity index (χ1) is 13.1. The van der Waals surface area contributed by atoms with Crippen molar-refractivity contribution < 1.29 is 23.1 Å². The highest BCUT2D eigenvalue weighted by Crippen LogP contribution is 2.27. The number of carbonyl (C=O) groups is 2. The van der Waals surface area contributed by atoms with Crippen LogP contribution in [-0.4, -0.2) is 30.8 Å². The molecule has 1 heterocycles. The van der Waals surface area contributed by atoms with Crippen LogP contribution in [-0.2, 0) is 9.53 Å². The van der Waals surface area contributed by atoms with E-state index in [0.717, 1.165) is 4.90 Å². The number of benzene rings is 2. The maximum atomic E-state index is 13.7. The summed E-state index contributed by atoms with van der Waals surface area (Å²) in [4.78, 5) is 25.1. The van der Waals surface area contributed by atoms with Crippen LogP contribution in [0.25, 0.3) is 11.0 Å². The lowest BCUT2D eigenvalue weighted by Gasteiger charge is -2.06. The van der Waals surface area contributed by atoms with Crippen molar-refractivity contribution in [3.8, 4) is 0 Å². The van der Waals surface area contributed by atoms with Crippen molar-refractivity contribution in [2.75, 3.05) is 18.9 Å². The summed E-state index contributed by atoms with van der Waals surface area (Å²) in [5.74, 6) is -1.15. The molecule has 0 unspecified atom stereocenters. The van der Waals surface area contributed by atoms with Crippen LogP contribution in [0.4, 0.5) is 4.39 Å². The number of ether oxygens (including phenoxy) is 1. The minimum atomic E-state index is -0.795. The standard InChI is InChI=1S/C20H18FNO4S/c1-13-15-8-5-9-16(21)19(15)26-18(13)20(24)25-12-17(23)22-10-11-27-14-6-3-2-4-7-14/h2-9H,10-12H2,1H3,(H,22,23). The van der Waals surface area contributed by atoms with E-state index in [1.165, 1.54) is 12.1 Å². The molecular weight excluding hydrogens is 369 g/mol. The summed E-state index contributed by atoms with van der Waals surface area (Å²) in [6.45, 7) is 1.67. The van der Waals surface area contributed by atoms with Gasteiger partial charge in [0.15, 0.2) is 18.0 Å². The van der Waals surface area contributed by atoms with Crippen molar-refractivity contribution in [3.63, 3.8) is 0 Å². The van der Waals surface area contributed by atoms with Crippen molar-refractivity contribution in [1.82, 2.24) is 5.32 Å². The number of thioether (sulfide) groups is 1. The predicted molar refractivity (Wildman–Crippen MR) is 101 cm³/mol. The highest BCUT2D eigenvalue weighted by molar-refractivity contribution is 7.99. The minimum absolute atomic E-state index is 0.00402. The normalized spacial score (nSPS) is 10.7. The summed E-state index contributed by atoms with van der Waals surface area (Å²) in [6, 6.07) is 14.3. The van der Waals surface area contributed by atoms with E-state index < -0.39 is 24.3 Å². The molecule has 0 fully saturated rings. The van der Waals surface area contributed by atoms with Gasteiger partial charge in [0.2, 0.25) is 5.76 Å². The number of rotatable bonds is 7. The molecule has 0 radical (unpaired) electrons. The number of furan rings is 1. The maximum Gasteiger partial charge on any atom is 0.375 e. The van der Waals surface area contributed by atoms with Crippen LogP contribution in [0.1, 0.15) is 16.1 Å². The molecular formula is C20H18FNO4S. The molecule has 3 rings (SSSR count). The van der Waals surface area contributed by atoms with Crippen LogP contribution in [0.3, 0.4) is 0 Å². The minimum Gasteiger partial charge on any atom is -0.450 e. The number of esters is 1. The monoisotopic (exact) mass is 387 g/mol. The molecule has 1 N–H and O–H groups in total. The number of hydrogen-bond donors (Lipinski definition) is 1. The van der Waals surface area contributed by atoms with Gasteiger partial charge in [-0.25, -0.2) is 9.18 Å². The highest BCUT2D eigenvalue weighted by Gasteiger charge is 2.21. The first kappa shape index (κ1) is 19.0. The molecule has 0 saturated heterocycles. The summed E-state index contributed by atoms with van der Waals surface area (Å²) in [6.07, 6.45) is 0. The van der Waals surface area contributed by atoms with Gasteiger partial charge in [-0.15, -0.1) is 11.8 Å². The lowest BCUT2D eigenvalue weighted by molar-refractivity contribution is -0.124. The molecule has 1 amide bonds. The van der Waals surface area contributed by atoms with Gasteiger partial charge in [-0.3, -0.25) is 4.79 Å². The Morgan fingerprint density at radius 1 is 1.15 bits per heavy atom. The van der Waals surface area contributed by atoms with Crippen molar-refractivity contribution in [3.05, 3.63) is 65.7 Å². The fraction of sp³-hybridized carbons (Fsp3) is 0.200. The van der Waals surface area contributed by atoms with Gasteiger partial charge in [-0.05, 0) is 25.1 Å². The number of amides is 1. The van der Waals surface area contributed by atoms with Crippen molar-refractivity contribution >= 4 is 34.6 Å². The smallest absolute Gasteiger partial charge is 0.375 e. The van der Waals surface area contributed by atoms with Crippen LogP contribution in [0, 0.1) is 12.7 Å². The van der Waals surface area contributed by atoms with Gasteiger partial charge >= 0.3 is 5.97 Å². The first-order valence-electron chi connectivity index (χ1n) is 8.35. The molecule has 7 heteroatoms. The molecule has 0 atom stereocenters. The van der Waals surface area contributed by atoms with Crippen molar-refractivity contribution in [2.45, 2.75) is 11.8 Å². The zero-order valence-corrected chi connectivity index (χ0v) is 15.5. The van der Waals surface area contributed by atoms with Crippen LogP contribution >= 0.6 is 11.8 Å². The van der Waals surface area contributed by atoms with Gasteiger partial charge in [0, 0.05) is 28.1 Å². The zero-order valence-electron chi connectivity index (χ0n) is 14.7. The van der Waals surface area contributed by atoms with E-state index in [4.69, 9.17) is 9.15 Å². The quantitative estimate of drug-likeness (QED) is 0.378. The zero-order chi connectivity index (χ0) is 19.2. The average molecular weight is 387 g/mol. The number of para-hydroxylation sites is 1. The fourth-order valence-electron chi connectivity index (χ4n) is 2.53. The van der Waals surface area contributed by atoms with Crippen LogP contribution in [0.2, 0.25) is 0 Å². The Bertz CT molecular complexity index is 955. The van der Waals surface area contributed by atoms with E-state index in [9.17, 15) is 14.0 Å². The molecule has 0 bridgehead atoms. The van der Waals surface area contributed by atoms with Crippen LogP contribution in [0.5, 0.6) is 0 Å². The Morgan fingerprint density at radius 3 is 2.67 bits per heavy atom. The Hall–Kier alpha value is -2.80. The van der Waals surface area contributed by atoms with Gasteiger partial charge in [-0.1, -0.05) is 30.3 Å². The van der Waals surface area contributed by atoms with Gasteiger partial charge < -0.3 is 14.5 Å². The lowest BCUT2D eigenvalue weighted by atomic mass is 10.1. The molecule has 140 valence electrons. The summed E-state index contributed by atoms with van der Waals surface area (Å²) in [5, 5.41) is 3.19. The third-order valence-corrected chi connectivity index (χ3v) is 4.89. The lowest BCUT2D eigenvalue weighted by Crippen LogP contribution is -2.30. The summed E-state index contributed by atoms with van der Waals surface area (Å²) in [5.41, 5.74) is 0.485. The maximum absolute atomic E-state index is 13.7. The molecule has 0 aliphatic rings. The van der Waals surface area contributed by atoms with E-state index in [0.29, 0.717) is 23.2 Å². The highest BCUT2D eigenvalue weighted by atomic mass is 32.2. The summed E-state index contributed by atoms with van der Waals surface area (Å²) >= 11 is 1.62. The Morgan fingerprint density at radius 2 is 1.93 bits per heavy atom. The second kappa shape index (κ2) is 8.73. The van der Waals surface area contributed by atoms with Crippen molar-refractivity contribution in [2.24, 2.45) is 0 Å². The number of hydrogen-bond acceptors (Lipinski definition) is 5. The molecule has 0 aliphatic heterocycles. The SMILES string of the molecule is Cc1c(C(=O)OCC(=O)NCCSc2ccccc2)oc2c(F)cccc12. The van der Waals surface area contributed by atoms with Crippen LogP contribution in [0.15, 0.2) is 57.8 Å². The molecule has 0 spiro atoms. The van der Waals surface area contributed by atoms with Gasteiger partial charge in [-0.2, -0.15) is 0 Å². The molecule has 27 heavy (non-hydrogen) atoms. The molecule has 1 aromatic heterocycles. The summed E-state index contributed by atoms with van der Waals surface area (Å²) in [7, 11) is 0. The van der Waals surface area contributed by atoms with Gasteiger partial charge in [0.05, 0.1) is 0 Å². The number of nitrogens with one attached hydrogen (secondary N) is 1. The molecule has 2 aromatic carbocycles. The number of fused-ring (bicyclic) bond motifs is 1. The largest absolute Gasteiger partial charge is 0.450 e. The topological polar surface area (TPSA) is 68.5 Å².